The number of esters is 1. The number of methoxy groups -OCH3 is 2. The molecule has 0 bridgehead atoms. The topological polar surface area (TPSA) is 68.5 Å². The standard InChI is InChI=1S/C17H15NO4/c1-20-14-6-3-12(4-7-14)10-17(19)22-15-8-5-13(11-18)9-16(15)21-2/h3-9H,10H2,1-2H3. The van der Waals surface area contributed by atoms with Gasteiger partial charge in [0.15, 0.2) is 11.5 Å². The van der Waals surface area contributed by atoms with E-state index < -0.39 is 5.97 Å². The smallest absolute Gasteiger partial charge is 0.315 e. The third-order valence-electron chi connectivity index (χ3n) is 3.02. The number of hydrogen-bond acceptors (Lipinski definition) is 5. The molecule has 0 unspecified atom stereocenters. The average molecular weight is 297 g/mol. The van der Waals surface area contributed by atoms with E-state index in [1.54, 1.807) is 43.5 Å². The van der Waals surface area contributed by atoms with Gasteiger partial charge in [-0.1, -0.05) is 12.1 Å². The fourth-order valence-corrected chi connectivity index (χ4v) is 1.89. The highest BCUT2D eigenvalue weighted by atomic mass is 16.6. The summed E-state index contributed by atoms with van der Waals surface area (Å²) in [5.74, 6) is 0.959. The van der Waals surface area contributed by atoms with Gasteiger partial charge < -0.3 is 14.2 Å². The van der Waals surface area contributed by atoms with E-state index in [1.807, 2.05) is 6.07 Å². The van der Waals surface area contributed by atoms with Crippen LogP contribution in [0.5, 0.6) is 17.2 Å². The van der Waals surface area contributed by atoms with E-state index in [-0.39, 0.29) is 6.42 Å². The third-order valence-corrected chi connectivity index (χ3v) is 3.02. The molecule has 0 heterocycles. The Morgan fingerprint density at radius 3 is 2.36 bits per heavy atom. The maximum absolute atomic E-state index is 12.0. The fourth-order valence-electron chi connectivity index (χ4n) is 1.89. The molecule has 0 fully saturated rings. The van der Waals surface area contributed by atoms with Crippen molar-refractivity contribution in [3.63, 3.8) is 0 Å². The van der Waals surface area contributed by atoms with Gasteiger partial charge in [0, 0.05) is 6.07 Å². The summed E-state index contributed by atoms with van der Waals surface area (Å²) in [4.78, 5) is 12.0. The van der Waals surface area contributed by atoms with Crippen LogP contribution in [0.4, 0.5) is 0 Å². The number of nitrogens with zero attached hydrogens (tertiary/aromatic N) is 1. The molecule has 0 N–H and O–H groups in total. The second-order valence-electron chi connectivity index (χ2n) is 4.48. The second kappa shape index (κ2) is 7.14. The molecule has 5 nitrogen and oxygen atoms in total. The minimum absolute atomic E-state index is 0.132. The summed E-state index contributed by atoms with van der Waals surface area (Å²) in [6, 6.07) is 13.8. The van der Waals surface area contributed by atoms with E-state index >= 15 is 0 Å². The SMILES string of the molecule is COc1ccc(CC(=O)Oc2ccc(C#N)cc2OC)cc1. The van der Waals surface area contributed by atoms with Crippen LogP contribution in [-0.2, 0) is 11.2 Å². The Hall–Kier alpha value is -3.00. The highest BCUT2D eigenvalue weighted by molar-refractivity contribution is 5.76. The Morgan fingerprint density at radius 2 is 1.77 bits per heavy atom. The van der Waals surface area contributed by atoms with E-state index in [1.165, 1.54) is 13.2 Å². The van der Waals surface area contributed by atoms with Gasteiger partial charge >= 0.3 is 5.97 Å². The van der Waals surface area contributed by atoms with Crippen LogP contribution >= 0.6 is 0 Å². The number of rotatable bonds is 5. The maximum Gasteiger partial charge on any atom is 0.315 e. The second-order valence-corrected chi connectivity index (χ2v) is 4.48. The van der Waals surface area contributed by atoms with Crippen LogP contribution in [0.2, 0.25) is 0 Å². The first-order valence-corrected chi connectivity index (χ1v) is 6.58. The normalized spacial score (nSPS) is 9.68. The molecule has 2 aromatic rings. The van der Waals surface area contributed by atoms with Gasteiger partial charge in [0.2, 0.25) is 0 Å². The van der Waals surface area contributed by atoms with Crippen molar-refractivity contribution in [2.75, 3.05) is 14.2 Å². The third kappa shape index (κ3) is 3.76. The van der Waals surface area contributed by atoms with Gasteiger partial charge in [-0.05, 0) is 29.8 Å². The largest absolute Gasteiger partial charge is 0.497 e. The number of carbonyl (C=O) groups is 1. The fraction of sp³-hybridized carbons (Fsp3) is 0.176. The summed E-state index contributed by atoms with van der Waals surface area (Å²) < 4.78 is 15.5. The average Bonchev–Trinajstić information content (AvgIpc) is 2.55. The lowest BCUT2D eigenvalue weighted by atomic mass is 10.1. The number of nitriles is 1. The Kier molecular flexibility index (Phi) is 4.99. The molecule has 0 atom stereocenters. The van der Waals surface area contributed by atoms with Crippen molar-refractivity contribution < 1.29 is 19.0 Å². The van der Waals surface area contributed by atoms with E-state index in [0.29, 0.717) is 17.1 Å². The quantitative estimate of drug-likeness (QED) is 0.627. The van der Waals surface area contributed by atoms with Crippen LogP contribution in [0.25, 0.3) is 0 Å². The zero-order valence-corrected chi connectivity index (χ0v) is 12.3. The highest BCUT2D eigenvalue weighted by Gasteiger charge is 2.11. The lowest BCUT2D eigenvalue weighted by molar-refractivity contribution is -0.133. The van der Waals surface area contributed by atoms with Crippen LogP contribution in [-0.4, -0.2) is 20.2 Å². The van der Waals surface area contributed by atoms with E-state index in [0.717, 1.165) is 11.3 Å². The van der Waals surface area contributed by atoms with Crippen LogP contribution in [0, 0.1) is 11.3 Å². The molecule has 5 heteroatoms. The van der Waals surface area contributed by atoms with Gasteiger partial charge in [-0.25, -0.2) is 0 Å². The summed E-state index contributed by atoms with van der Waals surface area (Å²) in [5, 5.41) is 8.84. The molecular formula is C17H15NO4. The zero-order valence-electron chi connectivity index (χ0n) is 12.3. The molecule has 0 amide bonds. The van der Waals surface area contributed by atoms with Crippen molar-refractivity contribution in [1.29, 1.82) is 5.26 Å². The van der Waals surface area contributed by atoms with Crippen molar-refractivity contribution in [3.8, 4) is 23.3 Å². The van der Waals surface area contributed by atoms with Crippen LogP contribution in [0.15, 0.2) is 42.5 Å². The first-order valence-electron chi connectivity index (χ1n) is 6.58. The molecule has 0 aliphatic heterocycles. The molecule has 2 aromatic carbocycles. The van der Waals surface area contributed by atoms with Gasteiger partial charge in [0.1, 0.15) is 5.75 Å². The van der Waals surface area contributed by atoms with Crippen molar-refractivity contribution in [3.05, 3.63) is 53.6 Å². The molecule has 0 spiro atoms. The number of hydrogen-bond donors (Lipinski definition) is 0. The summed E-state index contributed by atoms with van der Waals surface area (Å²) in [5.41, 5.74) is 1.25. The van der Waals surface area contributed by atoms with Crippen molar-refractivity contribution in [2.45, 2.75) is 6.42 Å². The first-order chi connectivity index (χ1) is 10.7. The van der Waals surface area contributed by atoms with Gasteiger partial charge in [-0.3, -0.25) is 4.79 Å². The van der Waals surface area contributed by atoms with Crippen LogP contribution < -0.4 is 14.2 Å². The zero-order chi connectivity index (χ0) is 15.9. The van der Waals surface area contributed by atoms with Gasteiger partial charge in [-0.15, -0.1) is 0 Å². The van der Waals surface area contributed by atoms with Crippen molar-refractivity contribution >= 4 is 5.97 Å². The Bertz CT molecular complexity index is 702. The maximum atomic E-state index is 12.0. The van der Waals surface area contributed by atoms with Crippen LogP contribution in [0.1, 0.15) is 11.1 Å². The predicted octanol–water partition coefficient (Wildman–Crippen LogP) is 2.72. The Balaban J connectivity index is 2.06. The predicted molar refractivity (Wildman–Crippen MR) is 80.0 cm³/mol. The minimum Gasteiger partial charge on any atom is -0.497 e. The number of carbonyl (C=O) groups excluding carboxylic acids is 1. The summed E-state index contributed by atoms with van der Waals surface area (Å²) in [7, 11) is 3.04. The monoisotopic (exact) mass is 297 g/mol. The molecule has 0 saturated carbocycles. The Labute approximate surface area is 128 Å². The van der Waals surface area contributed by atoms with Crippen LogP contribution in [0.3, 0.4) is 0 Å². The van der Waals surface area contributed by atoms with E-state index in [4.69, 9.17) is 19.5 Å². The minimum atomic E-state index is -0.409. The Morgan fingerprint density at radius 1 is 1.05 bits per heavy atom. The molecule has 0 saturated heterocycles. The van der Waals surface area contributed by atoms with Crippen molar-refractivity contribution in [2.24, 2.45) is 0 Å². The summed E-state index contributed by atoms with van der Waals surface area (Å²) in [6.45, 7) is 0. The highest BCUT2D eigenvalue weighted by Crippen LogP contribution is 2.28. The molecule has 0 aliphatic carbocycles. The molecule has 0 aromatic heterocycles. The molecule has 2 rings (SSSR count). The van der Waals surface area contributed by atoms with Crippen molar-refractivity contribution in [1.82, 2.24) is 0 Å². The first kappa shape index (κ1) is 15.4. The number of ether oxygens (including phenoxy) is 3. The summed E-state index contributed by atoms with van der Waals surface area (Å²) in [6.07, 6.45) is 0.132. The van der Waals surface area contributed by atoms with Gasteiger partial charge in [0.25, 0.3) is 0 Å². The molecule has 0 aliphatic rings. The molecule has 22 heavy (non-hydrogen) atoms. The van der Waals surface area contributed by atoms with E-state index in [2.05, 4.69) is 0 Å². The van der Waals surface area contributed by atoms with Gasteiger partial charge in [-0.2, -0.15) is 5.26 Å². The van der Waals surface area contributed by atoms with Gasteiger partial charge in [0.05, 0.1) is 32.3 Å². The molecule has 112 valence electrons. The molecular weight excluding hydrogens is 282 g/mol. The molecule has 0 radical (unpaired) electrons. The van der Waals surface area contributed by atoms with E-state index in [9.17, 15) is 4.79 Å². The number of benzene rings is 2. The lowest BCUT2D eigenvalue weighted by Crippen LogP contribution is -2.12. The lowest BCUT2D eigenvalue weighted by Gasteiger charge is -2.09. The summed E-state index contributed by atoms with van der Waals surface area (Å²) >= 11 is 0.